The van der Waals surface area contributed by atoms with Gasteiger partial charge in [0, 0.05) is 12.5 Å². The van der Waals surface area contributed by atoms with Gasteiger partial charge in [0.2, 0.25) is 0 Å². The van der Waals surface area contributed by atoms with Crippen LogP contribution in [0.4, 0.5) is 4.39 Å². The summed E-state index contributed by atoms with van der Waals surface area (Å²) in [5, 5.41) is 12.1. The van der Waals surface area contributed by atoms with E-state index in [1.54, 1.807) is 12.1 Å². The van der Waals surface area contributed by atoms with E-state index in [4.69, 9.17) is 10.00 Å². The fourth-order valence-electron chi connectivity index (χ4n) is 1.55. The van der Waals surface area contributed by atoms with Crippen LogP contribution in [0.1, 0.15) is 25.8 Å². The zero-order valence-corrected chi connectivity index (χ0v) is 10.9. The van der Waals surface area contributed by atoms with Crippen LogP contribution in [0.3, 0.4) is 0 Å². The Morgan fingerprint density at radius 2 is 2.28 bits per heavy atom. The first-order valence-electron chi connectivity index (χ1n) is 6.21. The van der Waals surface area contributed by atoms with E-state index in [1.807, 2.05) is 13.0 Å². The Labute approximate surface area is 108 Å². The molecule has 0 radical (unpaired) electrons. The van der Waals surface area contributed by atoms with Gasteiger partial charge in [0.1, 0.15) is 23.2 Å². The highest BCUT2D eigenvalue weighted by Crippen LogP contribution is 2.20. The maximum absolute atomic E-state index is 13.3. The highest BCUT2D eigenvalue weighted by molar-refractivity contribution is 5.43. The van der Waals surface area contributed by atoms with E-state index in [0.29, 0.717) is 18.3 Å². The van der Waals surface area contributed by atoms with Crippen molar-refractivity contribution in [2.24, 2.45) is 5.92 Å². The molecule has 0 aliphatic rings. The van der Waals surface area contributed by atoms with Gasteiger partial charge in [-0.3, -0.25) is 0 Å². The molecule has 0 heterocycles. The topological polar surface area (TPSA) is 45.0 Å². The molecule has 0 aromatic heterocycles. The third kappa shape index (κ3) is 4.34. The first kappa shape index (κ1) is 14.5. The van der Waals surface area contributed by atoms with Crippen LogP contribution in [-0.4, -0.2) is 19.7 Å². The quantitative estimate of drug-likeness (QED) is 0.757. The van der Waals surface area contributed by atoms with Gasteiger partial charge in [0.15, 0.2) is 0 Å². The Balaban J connectivity index is 2.49. The predicted octanol–water partition coefficient (Wildman–Crippen LogP) is 2.71. The first-order chi connectivity index (χ1) is 8.69. The van der Waals surface area contributed by atoms with Crippen LogP contribution in [-0.2, 0) is 0 Å². The second-order valence-electron chi connectivity index (χ2n) is 4.35. The maximum atomic E-state index is 13.3. The van der Waals surface area contributed by atoms with Crippen molar-refractivity contribution in [1.82, 2.24) is 5.32 Å². The van der Waals surface area contributed by atoms with Gasteiger partial charge < -0.3 is 10.1 Å². The van der Waals surface area contributed by atoms with Gasteiger partial charge in [-0.2, -0.15) is 5.26 Å². The average molecular weight is 250 g/mol. The molecule has 0 spiro atoms. The van der Waals surface area contributed by atoms with Crippen molar-refractivity contribution in [3.63, 3.8) is 0 Å². The van der Waals surface area contributed by atoms with Crippen molar-refractivity contribution in [2.75, 3.05) is 19.7 Å². The van der Waals surface area contributed by atoms with E-state index in [-0.39, 0.29) is 5.56 Å². The number of nitrogens with zero attached hydrogens (tertiary/aromatic N) is 1. The lowest BCUT2D eigenvalue weighted by molar-refractivity contribution is 0.254. The summed E-state index contributed by atoms with van der Waals surface area (Å²) in [6, 6.07) is 6.25. The molecule has 0 saturated heterocycles. The van der Waals surface area contributed by atoms with Crippen LogP contribution in [0.5, 0.6) is 5.75 Å². The second-order valence-corrected chi connectivity index (χ2v) is 4.35. The summed E-state index contributed by atoms with van der Waals surface area (Å²) >= 11 is 0. The van der Waals surface area contributed by atoms with Gasteiger partial charge >= 0.3 is 0 Å². The lowest BCUT2D eigenvalue weighted by Gasteiger charge is -2.14. The largest absolute Gasteiger partial charge is 0.492 e. The van der Waals surface area contributed by atoms with Crippen LogP contribution in [0.2, 0.25) is 0 Å². The van der Waals surface area contributed by atoms with Gasteiger partial charge in [-0.15, -0.1) is 0 Å². The number of nitrogens with one attached hydrogen (secondary N) is 1. The SMILES string of the molecule is CCCNCC(C)COc1cccc(F)c1C#N. The number of hydrogen-bond acceptors (Lipinski definition) is 3. The fraction of sp³-hybridized carbons (Fsp3) is 0.500. The molecule has 1 N–H and O–H groups in total. The van der Waals surface area contributed by atoms with Gasteiger partial charge in [-0.25, -0.2) is 4.39 Å². The summed E-state index contributed by atoms with van der Waals surface area (Å²) in [4.78, 5) is 0. The van der Waals surface area contributed by atoms with Crippen molar-refractivity contribution < 1.29 is 9.13 Å². The zero-order valence-electron chi connectivity index (χ0n) is 10.9. The normalized spacial score (nSPS) is 11.9. The number of halogens is 1. The molecule has 0 bridgehead atoms. The number of ether oxygens (including phenoxy) is 1. The number of nitriles is 1. The lowest BCUT2D eigenvalue weighted by Crippen LogP contribution is -2.25. The third-order valence-electron chi connectivity index (χ3n) is 2.53. The van der Waals surface area contributed by atoms with Crippen molar-refractivity contribution in [3.8, 4) is 11.8 Å². The van der Waals surface area contributed by atoms with E-state index in [1.165, 1.54) is 6.07 Å². The molecule has 1 aromatic carbocycles. The van der Waals surface area contributed by atoms with Crippen LogP contribution >= 0.6 is 0 Å². The second kappa shape index (κ2) is 7.67. The minimum absolute atomic E-state index is 0.0220. The van der Waals surface area contributed by atoms with Crippen molar-refractivity contribution >= 4 is 0 Å². The standard InChI is InChI=1S/C14H19FN2O/c1-3-7-17-9-11(2)10-18-14-6-4-5-13(15)12(14)8-16/h4-6,11,17H,3,7,9-10H2,1-2H3. The summed E-state index contributed by atoms with van der Waals surface area (Å²) < 4.78 is 18.8. The summed E-state index contributed by atoms with van der Waals surface area (Å²) in [5.74, 6) is 0.0953. The molecule has 0 aliphatic heterocycles. The average Bonchev–Trinajstić information content (AvgIpc) is 2.36. The van der Waals surface area contributed by atoms with Crippen molar-refractivity contribution in [2.45, 2.75) is 20.3 Å². The summed E-state index contributed by atoms with van der Waals surface area (Å²) in [6.07, 6.45) is 1.09. The Hall–Kier alpha value is -1.60. The van der Waals surface area contributed by atoms with E-state index in [2.05, 4.69) is 12.2 Å². The third-order valence-corrected chi connectivity index (χ3v) is 2.53. The molecule has 0 aliphatic carbocycles. The molecule has 1 unspecified atom stereocenters. The highest BCUT2D eigenvalue weighted by atomic mass is 19.1. The Bertz CT molecular complexity index is 415. The van der Waals surface area contributed by atoms with Crippen molar-refractivity contribution in [1.29, 1.82) is 5.26 Å². The number of benzene rings is 1. The molecule has 4 heteroatoms. The van der Waals surface area contributed by atoms with Crippen molar-refractivity contribution in [3.05, 3.63) is 29.6 Å². The van der Waals surface area contributed by atoms with Gasteiger partial charge in [0.25, 0.3) is 0 Å². The Morgan fingerprint density at radius 3 is 2.94 bits per heavy atom. The number of rotatable bonds is 7. The molecule has 0 fully saturated rings. The van der Waals surface area contributed by atoms with E-state index >= 15 is 0 Å². The Morgan fingerprint density at radius 1 is 1.50 bits per heavy atom. The van der Waals surface area contributed by atoms with E-state index in [9.17, 15) is 4.39 Å². The van der Waals surface area contributed by atoms with Crippen LogP contribution in [0.15, 0.2) is 18.2 Å². The maximum Gasteiger partial charge on any atom is 0.144 e. The monoisotopic (exact) mass is 250 g/mol. The lowest BCUT2D eigenvalue weighted by atomic mass is 10.2. The molecular formula is C14H19FN2O. The molecular weight excluding hydrogens is 231 g/mol. The smallest absolute Gasteiger partial charge is 0.144 e. The molecule has 1 rings (SSSR count). The van der Waals surface area contributed by atoms with Gasteiger partial charge in [-0.1, -0.05) is 19.9 Å². The van der Waals surface area contributed by atoms with Crippen LogP contribution in [0, 0.1) is 23.1 Å². The molecule has 98 valence electrons. The molecule has 18 heavy (non-hydrogen) atoms. The van der Waals surface area contributed by atoms with E-state index in [0.717, 1.165) is 19.5 Å². The fourth-order valence-corrected chi connectivity index (χ4v) is 1.55. The predicted molar refractivity (Wildman–Crippen MR) is 68.9 cm³/mol. The summed E-state index contributed by atoms with van der Waals surface area (Å²) in [7, 11) is 0. The van der Waals surface area contributed by atoms with Gasteiger partial charge in [-0.05, 0) is 25.1 Å². The summed E-state index contributed by atoms with van der Waals surface area (Å²) in [6.45, 7) is 6.46. The summed E-state index contributed by atoms with van der Waals surface area (Å²) in [5.41, 5.74) is -0.0220. The Kier molecular flexibility index (Phi) is 6.16. The van der Waals surface area contributed by atoms with Crippen LogP contribution < -0.4 is 10.1 Å². The molecule has 0 amide bonds. The number of hydrogen-bond donors (Lipinski definition) is 1. The highest BCUT2D eigenvalue weighted by Gasteiger charge is 2.10. The molecule has 0 saturated carbocycles. The zero-order chi connectivity index (χ0) is 13.4. The molecule has 1 atom stereocenters. The molecule has 1 aromatic rings. The first-order valence-corrected chi connectivity index (χ1v) is 6.21. The van der Waals surface area contributed by atoms with Crippen LogP contribution in [0.25, 0.3) is 0 Å². The minimum Gasteiger partial charge on any atom is -0.492 e. The van der Waals surface area contributed by atoms with E-state index < -0.39 is 5.82 Å². The van der Waals surface area contributed by atoms with Gasteiger partial charge in [0.05, 0.1) is 6.61 Å². The molecule has 3 nitrogen and oxygen atoms in total. The minimum atomic E-state index is -0.535.